The van der Waals surface area contributed by atoms with Crippen LogP contribution in [0.1, 0.15) is 254 Å². The molecule has 20 aliphatic rings. The fraction of sp³-hybridized carbons (Fsp3) is 0.689. The van der Waals surface area contributed by atoms with Gasteiger partial charge in [0.25, 0.3) is 0 Å². The van der Waals surface area contributed by atoms with E-state index >= 15 is 0 Å². The van der Waals surface area contributed by atoms with Gasteiger partial charge >= 0.3 is 80.3 Å². The topological polar surface area (TPSA) is 215 Å². The molecule has 0 aromatic heterocycles. The molecule has 0 amide bonds. The zero-order valence-corrected chi connectivity index (χ0v) is 78.7. The van der Waals surface area contributed by atoms with E-state index in [4.69, 9.17) is 25.5 Å². The second kappa shape index (κ2) is 31.0. The summed E-state index contributed by atoms with van der Waals surface area (Å²) in [6.45, 7) is 26.3. The average Bonchev–Trinajstić information content (AvgIpc) is 1.59. The Morgan fingerprint density at radius 3 is 1.32 bits per heavy atom. The van der Waals surface area contributed by atoms with Crippen molar-refractivity contribution in [3.8, 4) is 0 Å². The summed E-state index contributed by atoms with van der Waals surface area (Å²) >= 11 is 9.54. The number of halogens is 6. The molecule has 111 heavy (non-hydrogen) atoms. The maximum absolute atomic E-state index is 12.3. The smallest absolute Gasteiger partial charge is 0.306 e. The summed E-state index contributed by atoms with van der Waals surface area (Å²) in [7, 11) is 0. The third-order valence-corrected chi connectivity index (χ3v) is 35.0. The summed E-state index contributed by atoms with van der Waals surface area (Å²) in [5.74, 6) is 2.95. The molecule has 1 N–H and O–H groups in total. The van der Waals surface area contributed by atoms with E-state index in [1.165, 1.54) is 46.3 Å². The van der Waals surface area contributed by atoms with Crippen molar-refractivity contribution in [3.05, 3.63) is 117 Å². The van der Waals surface area contributed by atoms with Gasteiger partial charge in [-0.05, 0) is 229 Å². The Labute approximate surface area is 726 Å². The molecule has 4 heterocycles. The average molecular weight is 2190 g/mol. The van der Waals surface area contributed by atoms with Crippen LogP contribution in [0, 0.1) is 109 Å². The molecule has 0 aromatic rings. The third kappa shape index (κ3) is 13.2. The number of aliphatic carboxylic acids is 1. The molecule has 16 aliphatic carbocycles. The zero-order chi connectivity index (χ0) is 78.5. The molecule has 9 unspecified atom stereocenters. The number of hydrogen-bond donors (Lipinski definition) is 1. The van der Waals surface area contributed by atoms with E-state index in [0.717, 1.165) is 128 Å². The zero-order valence-electron chi connectivity index (χ0n) is 65.6. The Balaban J connectivity index is 0.000000120. The number of carbonyl (C=O) groups excluding carboxylic acids is 8. The van der Waals surface area contributed by atoms with Gasteiger partial charge in [-0.15, -0.1) is 24.0 Å². The molecule has 11 fully saturated rings. The van der Waals surface area contributed by atoms with Crippen molar-refractivity contribution < 1.29 is 80.5 Å². The molecule has 20 rings (SSSR count). The number of carboxylic acids is 1. The number of ketones is 4. The molecule has 0 bridgehead atoms. The van der Waals surface area contributed by atoms with Crippen LogP contribution in [0.2, 0.25) is 0 Å². The van der Waals surface area contributed by atoms with E-state index in [1.54, 1.807) is 6.08 Å². The second-order valence-corrected chi connectivity index (χ2v) is 54.9. The first-order valence-corrected chi connectivity index (χ1v) is 60.0. The minimum atomic E-state index is -0.773. The monoisotopic (exact) mass is 2190 g/mol. The standard InChI is InChI=1S/C23H27NO3.C23H28O5.C22H28O3.C22H26O3.I3.I2.HI/c1-21-8-4-15(25)12-14(21)13-18(24-3)20-16(21)5-9-22(2)17(20)6-10-23(22)11-7-19(26)27-23;1-21-7-3-14(24)11-13(21)12-15(20(26)27)19-16(21)4-8-22(2)17(19)5-9-23(22)10-6-18(25)28-23;2*1-20-9-5-15(23)13-14(20)3-4-16-17(20)6-10-21(2)18(16)7-11-22(21)12-8-19(24)25-22;1-3-2;1-2;/h5,12,17-18,20H,4,6-11,13H2,1-2H3;4,11,15,17,19H,3,5-10,12H2,1-2H3,(H,26,27);3-4,13,16-18H,5-12H2,1-2H3;3-4,6,13,16,18H,5,7-12H2,1-2H3;;;1H/q;;;;-1;;/t17?,18-,20?,21+,22+,23-;15-,17?,19?,21+,22+,23-;16?,17?,18?,20-,21-,22+;16?,18?,20-,21-,22+;;;/m1100.../s1. The first-order valence-electron chi connectivity index (χ1n) is 41.1. The fourth-order valence-electron chi connectivity index (χ4n) is 28.5. The van der Waals surface area contributed by atoms with Crippen LogP contribution in [-0.2, 0) is 62.1 Å². The number of esters is 4. The molecule has 23 atom stereocenters. The van der Waals surface area contributed by atoms with Crippen LogP contribution in [0.5, 0.6) is 0 Å². The Morgan fingerprint density at radius 1 is 0.450 bits per heavy atom. The molecule has 4 saturated heterocycles. The van der Waals surface area contributed by atoms with Crippen LogP contribution < -0.4 is 13.3 Å². The number of carboxylic acid groups (broad SMARTS) is 1. The first kappa shape index (κ1) is 85.0. The van der Waals surface area contributed by atoms with Gasteiger partial charge in [0, 0.05) is 139 Å². The van der Waals surface area contributed by atoms with E-state index in [-0.39, 0.29) is 155 Å². The van der Waals surface area contributed by atoms with E-state index in [9.17, 15) is 48.3 Å². The summed E-state index contributed by atoms with van der Waals surface area (Å²) in [6, 6.07) is -0.0987. The predicted molar refractivity (Wildman–Crippen MR) is 463 cm³/mol. The molecule has 21 heteroatoms. The summed E-state index contributed by atoms with van der Waals surface area (Å²) in [5.41, 5.74) is 7.33. The number of nitrogens with zero attached hydrogens (tertiary/aromatic N) is 1. The van der Waals surface area contributed by atoms with Crippen LogP contribution in [0.25, 0.3) is 4.85 Å². The largest absolute Gasteiger partial charge is 0.458 e. The van der Waals surface area contributed by atoms with Crippen molar-refractivity contribution in [2.24, 2.45) is 102 Å². The van der Waals surface area contributed by atoms with Crippen LogP contribution in [-0.4, -0.2) is 86.5 Å². The third-order valence-electron chi connectivity index (χ3n) is 35.0. The Bertz CT molecular complexity index is 4310. The molecule has 4 aliphatic heterocycles. The molecular formula is C90H110I6NO14-. The molecule has 0 aromatic carbocycles. The van der Waals surface area contributed by atoms with Crippen LogP contribution in [0.4, 0.5) is 0 Å². The Hall–Kier alpha value is -2.44. The van der Waals surface area contributed by atoms with Crippen molar-refractivity contribution in [1.29, 1.82) is 0 Å². The number of rotatable bonds is 1. The molecule has 602 valence electrons. The second-order valence-electron chi connectivity index (χ2n) is 38.7. The Kier molecular flexibility index (Phi) is 23.7. The van der Waals surface area contributed by atoms with Gasteiger partial charge in [0.05, 0.1) is 11.8 Å². The van der Waals surface area contributed by atoms with Gasteiger partial charge in [0.1, 0.15) is 22.4 Å². The summed E-state index contributed by atoms with van der Waals surface area (Å²) in [4.78, 5) is 112. The van der Waals surface area contributed by atoms with Crippen molar-refractivity contribution in [3.63, 3.8) is 0 Å². The van der Waals surface area contributed by atoms with E-state index in [1.807, 2.05) is 18.2 Å². The number of ether oxygens (including phenoxy) is 4. The summed E-state index contributed by atoms with van der Waals surface area (Å²) in [5, 5.41) is 10.1. The van der Waals surface area contributed by atoms with Gasteiger partial charge in [-0.1, -0.05) is 120 Å². The van der Waals surface area contributed by atoms with Crippen molar-refractivity contribution in [1.82, 2.24) is 0 Å². The van der Waals surface area contributed by atoms with Gasteiger partial charge in [-0.2, -0.15) is 0 Å². The van der Waals surface area contributed by atoms with E-state index in [2.05, 4.69) is 177 Å². The summed E-state index contributed by atoms with van der Waals surface area (Å²) < 4.78 is 23.9. The van der Waals surface area contributed by atoms with Gasteiger partial charge < -0.3 is 28.9 Å². The molecule has 4 spiro atoms. The van der Waals surface area contributed by atoms with Crippen molar-refractivity contribution in [2.45, 2.75) is 283 Å². The number of carbonyl (C=O) groups is 9. The molecule has 7 saturated carbocycles. The summed E-state index contributed by atoms with van der Waals surface area (Å²) in [6.07, 6.45) is 49.4. The van der Waals surface area contributed by atoms with E-state index < -0.39 is 17.5 Å². The minimum Gasteiger partial charge on any atom is -0.458 e. The maximum Gasteiger partial charge on any atom is 0.306 e. The molecular weight excluding hydrogens is 2080 g/mol. The van der Waals surface area contributed by atoms with Crippen LogP contribution in [0.3, 0.4) is 0 Å². The first-order chi connectivity index (χ1) is 52.2. The maximum atomic E-state index is 12.3. The van der Waals surface area contributed by atoms with Crippen molar-refractivity contribution in [2.75, 3.05) is 0 Å². The molecule has 15 nitrogen and oxygen atoms in total. The Morgan fingerprint density at radius 2 is 0.838 bits per heavy atom. The van der Waals surface area contributed by atoms with Gasteiger partial charge in [-0.3, -0.25) is 43.2 Å². The number of fused-ring (bicyclic) bond motifs is 24. The van der Waals surface area contributed by atoms with Crippen LogP contribution in [0.15, 0.2) is 106 Å². The minimum absolute atomic E-state index is 0. The quantitative estimate of drug-likeness (QED) is 0.0850. The molecule has 0 radical (unpaired) electrons. The SMILES string of the molecule is C[C@]12CCC(=O)C=C1C=CC1C2=CC[C@@]2(C)C1CC[C@@]21CCC(=O)O1.C[C@]12CCC(=O)C=C1C=CC1C2CC[C@@]2(C)C1CC[C@@]21CCC(=O)O1.C[C@]12CCC(=O)C=C1C[C@@H](C(=O)O)C1C2=CC[C@@]2(C)C1CC[C@@]21CCC(=O)O1.I.II.I[I-]I.[C-]#[N+][C@@H]1CC2=CC(=O)CC[C@]2(C)C2=CC[C@@]3(C)C(CC[C@@]34CCC(=O)O4)C21. The van der Waals surface area contributed by atoms with Crippen molar-refractivity contribution >= 4 is 151 Å². The van der Waals surface area contributed by atoms with Crippen LogP contribution >= 0.6 is 98.4 Å². The van der Waals surface area contributed by atoms with Gasteiger partial charge in [0.15, 0.2) is 23.1 Å². The normalized spacial score (nSPS) is 46.0. The van der Waals surface area contributed by atoms with E-state index in [0.29, 0.717) is 113 Å². The number of allylic oxidation sites excluding steroid dienone is 16. The number of hydrogen-bond acceptors (Lipinski definition) is 13. The predicted octanol–water partition coefficient (Wildman–Crippen LogP) is 18.1. The fourth-order valence-corrected chi connectivity index (χ4v) is 28.5. The van der Waals surface area contributed by atoms with Gasteiger partial charge in [-0.25, -0.2) is 6.57 Å². The van der Waals surface area contributed by atoms with Gasteiger partial charge in [0.2, 0.25) is 6.04 Å².